The van der Waals surface area contributed by atoms with E-state index in [0.717, 1.165) is 30.9 Å². The molecule has 2 aromatic rings. The van der Waals surface area contributed by atoms with E-state index in [4.69, 9.17) is 5.11 Å². The Labute approximate surface area is 153 Å². The zero-order valence-corrected chi connectivity index (χ0v) is 15.3. The first-order valence-electron chi connectivity index (χ1n) is 8.57. The van der Waals surface area contributed by atoms with Gasteiger partial charge in [-0.15, -0.1) is 0 Å². The molecule has 4 nitrogen and oxygen atoms in total. The summed E-state index contributed by atoms with van der Waals surface area (Å²) in [5, 5.41) is 12.4. The predicted octanol–water partition coefficient (Wildman–Crippen LogP) is 3.85. The van der Waals surface area contributed by atoms with Crippen LogP contribution in [0.15, 0.2) is 42.5 Å². The quantitative estimate of drug-likeness (QED) is 0.823. The van der Waals surface area contributed by atoms with Crippen molar-refractivity contribution in [2.75, 3.05) is 29.9 Å². The van der Waals surface area contributed by atoms with Gasteiger partial charge in [0.1, 0.15) is 0 Å². The fourth-order valence-corrected chi connectivity index (χ4v) is 3.92. The summed E-state index contributed by atoms with van der Waals surface area (Å²) in [5.41, 5.74) is 5.09. The molecule has 0 aliphatic carbocycles. The summed E-state index contributed by atoms with van der Waals surface area (Å²) in [6.07, 6.45) is 0. The average Bonchev–Trinajstić information content (AvgIpc) is 2.63. The number of nitrogens with one attached hydrogen (secondary N) is 1. The Hall–Kier alpha value is -1.98. The zero-order chi connectivity index (χ0) is 17.6. The average molecular weight is 356 g/mol. The third kappa shape index (κ3) is 5.00. The molecule has 1 aliphatic rings. The number of carbonyl (C=O) groups is 1. The van der Waals surface area contributed by atoms with Gasteiger partial charge in [0.2, 0.25) is 0 Å². The minimum Gasteiger partial charge on any atom is -0.478 e. The molecule has 1 fully saturated rings. The predicted molar refractivity (Wildman–Crippen MR) is 105 cm³/mol. The highest BCUT2D eigenvalue weighted by Crippen LogP contribution is 2.20. The van der Waals surface area contributed by atoms with Gasteiger partial charge in [-0.25, -0.2) is 4.79 Å². The minimum absolute atomic E-state index is 0.321. The van der Waals surface area contributed by atoms with E-state index in [1.54, 1.807) is 12.1 Å². The number of benzene rings is 2. The second kappa shape index (κ2) is 8.41. The lowest BCUT2D eigenvalue weighted by atomic mass is 10.1. The summed E-state index contributed by atoms with van der Waals surface area (Å²) < 4.78 is 0. The second-order valence-corrected chi connectivity index (χ2v) is 7.62. The van der Waals surface area contributed by atoms with Gasteiger partial charge >= 0.3 is 5.97 Å². The monoisotopic (exact) mass is 356 g/mol. The highest BCUT2D eigenvalue weighted by atomic mass is 32.2. The first kappa shape index (κ1) is 17.8. The van der Waals surface area contributed by atoms with Crippen molar-refractivity contribution >= 4 is 23.4 Å². The number of nitrogens with zero attached hydrogens (tertiary/aromatic N) is 1. The van der Waals surface area contributed by atoms with Crippen molar-refractivity contribution in [3.05, 3.63) is 64.7 Å². The van der Waals surface area contributed by atoms with Gasteiger partial charge in [-0.2, -0.15) is 11.8 Å². The number of hydrogen-bond acceptors (Lipinski definition) is 4. The highest BCUT2D eigenvalue weighted by Gasteiger charge is 2.11. The molecule has 1 aliphatic heterocycles. The molecule has 1 heterocycles. The Balaban J connectivity index is 1.63. The molecule has 0 amide bonds. The van der Waals surface area contributed by atoms with Crippen LogP contribution in [0.2, 0.25) is 0 Å². The van der Waals surface area contributed by atoms with Crippen molar-refractivity contribution in [2.45, 2.75) is 20.0 Å². The van der Waals surface area contributed by atoms with Crippen molar-refractivity contribution in [3.63, 3.8) is 0 Å². The number of thioether (sulfide) groups is 1. The largest absolute Gasteiger partial charge is 0.478 e. The Morgan fingerprint density at radius 1 is 1.12 bits per heavy atom. The van der Waals surface area contributed by atoms with Crippen LogP contribution in [-0.4, -0.2) is 40.6 Å². The smallest absolute Gasteiger partial charge is 0.335 e. The van der Waals surface area contributed by atoms with Crippen molar-refractivity contribution in [1.29, 1.82) is 0 Å². The molecular formula is C20H24N2O2S. The first-order valence-corrected chi connectivity index (χ1v) is 9.73. The van der Waals surface area contributed by atoms with E-state index in [9.17, 15) is 4.79 Å². The van der Waals surface area contributed by atoms with Gasteiger partial charge in [-0.3, -0.25) is 4.90 Å². The molecule has 132 valence electrons. The molecular weight excluding hydrogens is 332 g/mol. The summed E-state index contributed by atoms with van der Waals surface area (Å²) in [7, 11) is 0. The van der Waals surface area contributed by atoms with Crippen LogP contribution in [0, 0.1) is 6.92 Å². The number of carboxylic acids is 1. The molecule has 0 radical (unpaired) electrons. The van der Waals surface area contributed by atoms with E-state index in [1.165, 1.54) is 22.6 Å². The molecule has 0 atom stereocenters. The lowest BCUT2D eigenvalue weighted by molar-refractivity contribution is 0.0697. The molecule has 1 saturated heterocycles. The van der Waals surface area contributed by atoms with Gasteiger partial charge in [0.15, 0.2) is 0 Å². The van der Waals surface area contributed by atoms with E-state index >= 15 is 0 Å². The third-order valence-electron chi connectivity index (χ3n) is 4.50. The SMILES string of the molecule is Cc1ccc(CN2CCSCC2)cc1NCc1ccc(C(=O)O)cc1. The van der Waals surface area contributed by atoms with Gasteiger partial charge in [0, 0.05) is 43.4 Å². The van der Waals surface area contributed by atoms with Crippen LogP contribution in [0.1, 0.15) is 27.0 Å². The Morgan fingerprint density at radius 3 is 2.48 bits per heavy atom. The topological polar surface area (TPSA) is 52.6 Å². The number of aromatic carboxylic acids is 1. The normalized spacial score (nSPS) is 15.1. The maximum atomic E-state index is 10.9. The van der Waals surface area contributed by atoms with E-state index in [-0.39, 0.29) is 0 Å². The van der Waals surface area contributed by atoms with Crippen molar-refractivity contribution in [3.8, 4) is 0 Å². The lowest BCUT2D eigenvalue weighted by Crippen LogP contribution is -2.31. The summed E-state index contributed by atoms with van der Waals surface area (Å²) in [5.74, 6) is 1.56. The molecule has 5 heteroatoms. The summed E-state index contributed by atoms with van der Waals surface area (Å²) in [6.45, 7) is 6.12. The van der Waals surface area contributed by atoms with Crippen molar-refractivity contribution in [1.82, 2.24) is 4.90 Å². The standard InChI is InChI=1S/C20H24N2O2S/c1-15-2-3-17(14-22-8-10-25-11-9-22)12-19(15)21-13-16-4-6-18(7-5-16)20(23)24/h2-7,12,21H,8-11,13-14H2,1H3,(H,23,24). The third-order valence-corrected chi connectivity index (χ3v) is 5.44. The van der Waals surface area contributed by atoms with Crippen molar-refractivity contribution < 1.29 is 9.90 Å². The molecule has 0 bridgehead atoms. The van der Waals surface area contributed by atoms with Gasteiger partial charge in [0.25, 0.3) is 0 Å². The van der Waals surface area contributed by atoms with E-state index in [2.05, 4.69) is 35.3 Å². The van der Waals surface area contributed by atoms with Crippen LogP contribution < -0.4 is 5.32 Å². The zero-order valence-electron chi connectivity index (χ0n) is 14.5. The molecule has 0 spiro atoms. The summed E-state index contributed by atoms with van der Waals surface area (Å²) in [4.78, 5) is 13.4. The van der Waals surface area contributed by atoms with E-state index in [1.807, 2.05) is 23.9 Å². The van der Waals surface area contributed by atoms with Crippen LogP contribution in [0.25, 0.3) is 0 Å². The number of anilines is 1. The fourth-order valence-electron chi connectivity index (χ4n) is 2.94. The Kier molecular flexibility index (Phi) is 6.00. The molecule has 3 rings (SSSR count). The molecule has 0 aromatic heterocycles. The first-order chi connectivity index (χ1) is 12.1. The highest BCUT2D eigenvalue weighted by molar-refractivity contribution is 7.99. The summed E-state index contributed by atoms with van der Waals surface area (Å²) in [6, 6.07) is 13.6. The maximum Gasteiger partial charge on any atom is 0.335 e. The van der Waals surface area contributed by atoms with Gasteiger partial charge in [-0.1, -0.05) is 24.3 Å². The molecule has 2 aromatic carbocycles. The van der Waals surface area contributed by atoms with E-state index in [0.29, 0.717) is 12.1 Å². The van der Waals surface area contributed by atoms with Crippen LogP contribution in [-0.2, 0) is 13.1 Å². The Morgan fingerprint density at radius 2 is 1.80 bits per heavy atom. The second-order valence-electron chi connectivity index (χ2n) is 6.39. The summed E-state index contributed by atoms with van der Waals surface area (Å²) >= 11 is 2.03. The van der Waals surface area contributed by atoms with Crippen molar-refractivity contribution in [2.24, 2.45) is 0 Å². The van der Waals surface area contributed by atoms with Crippen LogP contribution in [0.4, 0.5) is 5.69 Å². The number of aryl methyl sites for hydroxylation is 1. The number of rotatable bonds is 6. The van der Waals surface area contributed by atoms with Crippen LogP contribution in [0.3, 0.4) is 0 Å². The maximum absolute atomic E-state index is 10.9. The number of hydrogen-bond donors (Lipinski definition) is 2. The van der Waals surface area contributed by atoms with E-state index < -0.39 is 5.97 Å². The van der Waals surface area contributed by atoms with Gasteiger partial charge in [-0.05, 0) is 41.8 Å². The molecule has 0 unspecified atom stereocenters. The van der Waals surface area contributed by atoms with Crippen LogP contribution in [0.5, 0.6) is 0 Å². The van der Waals surface area contributed by atoms with Gasteiger partial charge < -0.3 is 10.4 Å². The fraction of sp³-hybridized carbons (Fsp3) is 0.350. The molecule has 2 N–H and O–H groups in total. The minimum atomic E-state index is -0.890. The van der Waals surface area contributed by atoms with Crippen LogP contribution >= 0.6 is 11.8 Å². The molecule has 25 heavy (non-hydrogen) atoms. The Bertz CT molecular complexity index is 725. The number of carboxylic acid groups (broad SMARTS) is 1. The van der Waals surface area contributed by atoms with Gasteiger partial charge in [0.05, 0.1) is 5.56 Å². The molecule has 0 saturated carbocycles. The lowest BCUT2D eigenvalue weighted by Gasteiger charge is -2.26.